The highest BCUT2D eigenvalue weighted by molar-refractivity contribution is 5.99. The summed E-state index contributed by atoms with van der Waals surface area (Å²) in [6, 6.07) is 19.5. The fourth-order valence-corrected chi connectivity index (χ4v) is 4.89. The van der Waals surface area contributed by atoms with Gasteiger partial charge in [0.25, 0.3) is 0 Å². The number of amides is 1. The van der Waals surface area contributed by atoms with Crippen molar-refractivity contribution < 1.29 is 27.5 Å². The highest BCUT2D eigenvalue weighted by Gasteiger charge is 2.31. The minimum atomic E-state index is -4.82. The Morgan fingerprint density at radius 2 is 1.79 bits per heavy atom. The monoisotopic (exact) mass is 534 g/mol. The molecule has 39 heavy (non-hydrogen) atoms. The van der Waals surface area contributed by atoms with E-state index >= 15 is 0 Å². The number of rotatable bonds is 9. The van der Waals surface area contributed by atoms with Gasteiger partial charge in [0.2, 0.25) is 5.91 Å². The molecule has 4 rings (SSSR count). The van der Waals surface area contributed by atoms with Crippen molar-refractivity contribution >= 4 is 28.7 Å². The molecule has 0 saturated heterocycles. The van der Waals surface area contributed by atoms with Crippen LogP contribution in [0.4, 0.5) is 13.2 Å². The molecule has 4 aromatic rings. The van der Waals surface area contributed by atoms with Gasteiger partial charge in [-0.05, 0) is 48.2 Å². The highest BCUT2D eigenvalue weighted by Crippen LogP contribution is 2.37. The van der Waals surface area contributed by atoms with Gasteiger partial charge in [-0.2, -0.15) is 0 Å². The first-order valence-corrected chi connectivity index (χ1v) is 12.4. The fraction of sp³-hybridized carbons (Fsp3) is 0.226. The predicted molar refractivity (Wildman–Crippen MR) is 146 cm³/mol. The lowest BCUT2D eigenvalue weighted by Crippen LogP contribution is -2.26. The number of hydrogen-bond donors (Lipinski definition) is 1. The van der Waals surface area contributed by atoms with E-state index in [0.717, 1.165) is 38.9 Å². The zero-order valence-electron chi connectivity index (χ0n) is 21.9. The number of carbonyl (C=O) groups excluding carboxylic acids is 2. The molecule has 0 fully saturated rings. The van der Waals surface area contributed by atoms with Crippen molar-refractivity contribution in [3.63, 3.8) is 0 Å². The van der Waals surface area contributed by atoms with Crippen LogP contribution in [-0.4, -0.2) is 30.2 Å². The Labute approximate surface area is 224 Å². The van der Waals surface area contributed by atoms with E-state index in [1.807, 2.05) is 54.8 Å². The van der Waals surface area contributed by atoms with Crippen LogP contribution in [0.25, 0.3) is 16.5 Å². The van der Waals surface area contributed by atoms with Crippen molar-refractivity contribution in [1.82, 2.24) is 9.88 Å². The number of aryl methyl sites for hydroxylation is 1. The predicted octanol–water partition coefficient (Wildman–Crippen LogP) is 6.69. The Kier molecular flexibility index (Phi) is 7.95. The van der Waals surface area contributed by atoms with E-state index in [9.17, 15) is 22.8 Å². The van der Waals surface area contributed by atoms with Crippen LogP contribution < -0.4 is 10.1 Å². The van der Waals surface area contributed by atoms with Gasteiger partial charge in [-0.3, -0.25) is 4.79 Å². The molecule has 3 aromatic carbocycles. The third kappa shape index (κ3) is 6.06. The van der Waals surface area contributed by atoms with Crippen LogP contribution in [0, 0.1) is 13.8 Å². The maximum atomic E-state index is 13.0. The Morgan fingerprint density at radius 1 is 1.08 bits per heavy atom. The molecule has 0 spiro atoms. The standard InChI is InChI=1S/C31H29F3N2O3/c1-19-8-10-23(11-9-19)20(2)29-21(3)36(28-17-25(12-13-27(28)29)39-31(32,33)34)18-22-6-5-7-24(16-22)26(14-15-37)30(38)35-4/h5-13,15-17,26H,2,14,18H2,1,3-4H3,(H,35,38). The molecular weight excluding hydrogens is 505 g/mol. The minimum absolute atomic E-state index is 0.0350. The van der Waals surface area contributed by atoms with Gasteiger partial charge in [0.15, 0.2) is 0 Å². The molecule has 5 nitrogen and oxygen atoms in total. The molecule has 1 atom stereocenters. The highest BCUT2D eigenvalue weighted by atomic mass is 19.4. The largest absolute Gasteiger partial charge is 0.573 e. The van der Waals surface area contributed by atoms with Crippen LogP contribution in [-0.2, 0) is 16.1 Å². The van der Waals surface area contributed by atoms with Crippen LogP contribution in [0.15, 0.2) is 73.3 Å². The summed E-state index contributed by atoms with van der Waals surface area (Å²) in [5, 5.41) is 3.34. The summed E-state index contributed by atoms with van der Waals surface area (Å²) in [6.07, 6.45) is -4.08. The SMILES string of the molecule is C=C(c1ccc(C)cc1)c1c(C)n(Cc2cccc(C(CC=O)C(=O)NC)c2)c2cc(OC(F)(F)F)ccc12. The minimum Gasteiger partial charge on any atom is -0.406 e. The molecule has 8 heteroatoms. The number of aromatic nitrogens is 1. The van der Waals surface area contributed by atoms with Crippen LogP contribution in [0.1, 0.15) is 45.8 Å². The quantitative estimate of drug-likeness (QED) is 0.244. The fourth-order valence-electron chi connectivity index (χ4n) is 4.89. The molecule has 202 valence electrons. The van der Waals surface area contributed by atoms with E-state index < -0.39 is 12.3 Å². The average Bonchev–Trinajstić information content (AvgIpc) is 3.16. The van der Waals surface area contributed by atoms with E-state index in [2.05, 4.69) is 16.6 Å². The van der Waals surface area contributed by atoms with E-state index in [1.165, 1.54) is 19.2 Å². The van der Waals surface area contributed by atoms with Crippen molar-refractivity contribution in [2.24, 2.45) is 0 Å². The summed E-state index contributed by atoms with van der Waals surface area (Å²) >= 11 is 0. The molecule has 0 saturated carbocycles. The summed E-state index contributed by atoms with van der Waals surface area (Å²) in [7, 11) is 1.52. The maximum Gasteiger partial charge on any atom is 0.573 e. The van der Waals surface area contributed by atoms with Crippen molar-refractivity contribution in [3.05, 3.63) is 107 Å². The lowest BCUT2D eigenvalue weighted by molar-refractivity contribution is -0.274. The number of fused-ring (bicyclic) bond motifs is 1. The van der Waals surface area contributed by atoms with Crippen LogP contribution in [0.2, 0.25) is 0 Å². The number of benzene rings is 3. The Balaban J connectivity index is 1.84. The van der Waals surface area contributed by atoms with E-state index in [4.69, 9.17) is 0 Å². The van der Waals surface area contributed by atoms with Crippen molar-refractivity contribution in [2.75, 3.05) is 7.05 Å². The first-order chi connectivity index (χ1) is 18.5. The molecule has 0 bridgehead atoms. The lowest BCUT2D eigenvalue weighted by Gasteiger charge is -2.16. The summed E-state index contributed by atoms with van der Waals surface area (Å²) in [6.45, 7) is 8.53. The molecule has 1 heterocycles. The van der Waals surface area contributed by atoms with Gasteiger partial charge < -0.3 is 19.4 Å². The number of carbonyl (C=O) groups is 2. The van der Waals surface area contributed by atoms with Gasteiger partial charge in [0.05, 0.1) is 11.4 Å². The molecule has 0 aliphatic heterocycles. The number of aldehydes is 1. The molecule has 0 aliphatic rings. The van der Waals surface area contributed by atoms with Gasteiger partial charge in [-0.25, -0.2) is 0 Å². The van der Waals surface area contributed by atoms with Crippen LogP contribution in [0.5, 0.6) is 5.75 Å². The van der Waals surface area contributed by atoms with Gasteiger partial charge in [0, 0.05) is 42.7 Å². The lowest BCUT2D eigenvalue weighted by atomic mass is 9.94. The molecule has 1 N–H and O–H groups in total. The molecule has 1 amide bonds. The van der Waals surface area contributed by atoms with Gasteiger partial charge in [0.1, 0.15) is 12.0 Å². The van der Waals surface area contributed by atoms with Crippen LogP contribution >= 0.6 is 0 Å². The number of likely N-dealkylation sites (N-methyl/N-ethyl adjacent to an activating group) is 1. The molecule has 0 aliphatic carbocycles. The number of halogens is 3. The van der Waals surface area contributed by atoms with E-state index in [-0.39, 0.29) is 18.1 Å². The second kappa shape index (κ2) is 11.2. The number of nitrogens with zero attached hydrogens (tertiary/aromatic N) is 1. The summed E-state index contributed by atoms with van der Waals surface area (Å²) in [4.78, 5) is 23.6. The number of nitrogens with one attached hydrogen (secondary N) is 1. The zero-order chi connectivity index (χ0) is 28.3. The third-order valence-electron chi connectivity index (χ3n) is 6.82. The number of ether oxygens (including phenoxy) is 1. The normalized spacial score (nSPS) is 12.3. The van der Waals surface area contributed by atoms with E-state index in [1.54, 1.807) is 18.2 Å². The number of alkyl halides is 3. The first kappa shape index (κ1) is 27.7. The Hall–Kier alpha value is -4.33. The van der Waals surface area contributed by atoms with E-state index in [0.29, 0.717) is 23.9 Å². The second-order valence-electron chi connectivity index (χ2n) is 9.43. The summed E-state index contributed by atoms with van der Waals surface area (Å²) in [5.41, 5.74) is 6.46. The first-order valence-electron chi connectivity index (χ1n) is 12.4. The van der Waals surface area contributed by atoms with Gasteiger partial charge in [-0.1, -0.05) is 60.7 Å². The summed E-state index contributed by atoms with van der Waals surface area (Å²) < 4.78 is 45.2. The number of hydrogen-bond acceptors (Lipinski definition) is 3. The Morgan fingerprint density at radius 3 is 2.44 bits per heavy atom. The topological polar surface area (TPSA) is 60.3 Å². The van der Waals surface area contributed by atoms with Gasteiger partial charge in [-0.15, -0.1) is 13.2 Å². The molecule has 0 radical (unpaired) electrons. The van der Waals surface area contributed by atoms with Crippen molar-refractivity contribution in [3.8, 4) is 5.75 Å². The summed E-state index contributed by atoms with van der Waals surface area (Å²) in [5.74, 6) is -1.23. The van der Waals surface area contributed by atoms with Gasteiger partial charge >= 0.3 is 6.36 Å². The third-order valence-corrected chi connectivity index (χ3v) is 6.82. The van der Waals surface area contributed by atoms with Crippen LogP contribution in [0.3, 0.4) is 0 Å². The zero-order valence-corrected chi connectivity index (χ0v) is 21.9. The molecular formula is C31H29F3N2O3. The average molecular weight is 535 g/mol. The maximum absolute atomic E-state index is 13.0. The Bertz CT molecular complexity index is 1540. The smallest absolute Gasteiger partial charge is 0.406 e. The van der Waals surface area contributed by atoms with Crippen molar-refractivity contribution in [2.45, 2.75) is 39.1 Å². The van der Waals surface area contributed by atoms with Crippen molar-refractivity contribution in [1.29, 1.82) is 0 Å². The molecule has 1 unspecified atom stereocenters. The second-order valence-corrected chi connectivity index (χ2v) is 9.43. The molecule has 1 aromatic heterocycles.